The van der Waals surface area contributed by atoms with E-state index in [9.17, 15) is 9.59 Å². The van der Waals surface area contributed by atoms with Gasteiger partial charge in [-0.3, -0.25) is 19.7 Å². The highest BCUT2D eigenvalue weighted by molar-refractivity contribution is 8.00. The first kappa shape index (κ1) is 54.5. The van der Waals surface area contributed by atoms with Crippen LogP contribution in [0.5, 0.6) is 0 Å². The number of rotatable bonds is 15. The molecule has 4 fully saturated rings. The Kier molecular flexibility index (Phi) is 23.5. The number of fused-ring (bicyclic) bond motifs is 5. The summed E-state index contributed by atoms with van der Waals surface area (Å²) in [6.45, 7) is 16.1. The number of methoxy groups -OCH3 is 1. The van der Waals surface area contributed by atoms with Crippen LogP contribution in [-0.4, -0.2) is 62.2 Å². The summed E-state index contributed by atoms with van der Waals surface area (Å²) in [6, 6.07) is 0. The highest BCUT2D eigenvalue weighted by Gasteiger charge is 2.59. The third-order valence-electron chi connectivity index (χ3n) is 15.1. The third kappa shape index (κ3) is 14.8. The Labute approximate surface area is 366 Å². The minimum atomic E-state index is -0.444. The predicted molar refractivity (Wildman–Crippen MR) is 250 cm³/mol. The van der Waals surface area contributed by atoms with Gasteiger partial charge in [-0.25, -0.2) is 0 Å². The van der Waals surface area contributed by atoms with Crippen molar-refractivity contribution in [3.63, 3.8) is 0 Å². The molecule has 5 aliphatic rings. The van der Waals surface area contributed by atoms with E-state index in [0.717, 1.165) is 66.8 Å². The van der Waals surface area contributed by atoms with Crippen molar-refractivity contribution in [2.75, 3.05) is 26.5 Å². The summed E-state index contributed by atoms with van der Waals surface area (Å²) in [5.41, 5.74) is 12.6. The van der Waals surface area contributed by atoms with E-state index in [0.29, 0.717) is 28.5 Å². The maximum atomic E-state index is 12.2. The van der Waals surface area contributed by atoms with E-state index >= 15 is 0 Å². The van der Waals surface area contributed by atoms with Gasteiger partial charge in [0.1, 0.15) is 0 Å². The molecule has 7 N–H and O–H groups in total. The molecule has 338 valence electrons. The summed E-state index contributed by atoms with van der Waals surface area (Å²) in [5, 5.41) is 9.71. The molecule has 0 saturated heterocycles. The molecule has 59 heavy (non-hydrogen) atoms. The Morgan fingerprint density at radius 1 is 1.03 bits per heavy atom. The normalized spacial score (nSPS) is 30.6. The molecule has 1 heterocycles. The van der Waals surface area contributed by atoms with Gasteiger partial charge in [0, 0.05) is 36.2 Å². The number of thioether (sulfide) groups is 1. The van der Waals surface area contributed by atoms with Crippen LogP contribution in [0.15, 0.2) is 11.3 Å². The van der Waals surface area contributed by atoms with Crippen molar-refractivity contribution in [3.05, 3.63) is 11.3 Å². The van der Waals surface area contributed by atoms with Gasteiger partial charge in [-0.1, -0.05) is 54.4 Å². The van der Waals surface area contributed by atoms with Crippen molar-refractivity contribution in [3.8, 4) is 25.2 Å². The number of aldehydes is 1. The second-order valence-corrected chi connectivity index (χ2v) is 20.9. The van der Waals surface area contributed by atoms with Gasteiger partial charge >= 0.3 is 0 Å². The van der Waals surface area contributed by atoms with E-state index in [4.69, 9.17) is 21.7 Å². The number of carbonyl (C=O) groups excluding carboxylic acids is 3. The SMILES string of the molecule is C.C#C.C#CCC(NC)NC(=O)C(C)(C)CCC(C)(C)N.COCC(CCCC1CCC2C3CCC4CCCCC4(C)C3CCC12C)C1NC(C=O)=C(C)CS1.NC=O. The lowest BCUT2D eigenvalue weighted by Gasteiger charge is -2.60. The summed E-state index contributed by atoms with van der Waals surface area (Å²) in [6.07, 6.45) is 35.3. The van der Waals surface area contributed by atoms with Gasteiger partial charge in [-0.05, 0) is 151 Å². The van der Waals surface area contributed by atoms with Gasteiger partial charge < -0.3 is 26.8 Å². The summed E-state index contributed by atoms with van der Waals surface area (Å²) >= 11 is 1.95. The van der Waals surface area contributed by atoms with Crippen LogP contribution < -0.4 is 27.4 Å². The summed E-state index contributed by atoms with van der Waals surface area (Å²) < 4.78 is 5.64. The van der Waals surface area contributed by atoms with E-state index in [2.05, 4.69) is 61.2 Å². The van der Waals surface area contributed by atoms with Gasteiger partial charge in [0.25, 0.3) is 0 Å². The van der Waals surface area contributed by atoms with Gasteiger partial charge in [-0.15, -0.1) is 37.0 Å². The molecular weight excluding hydrogens is 755 g/mol. The van der Waals surface area contributed by atoms with Gasteiger partial charge in [0.05, 0.1) is 23.8 Å². The van der Waals surface area contributed by atoms with Crippen molar-refractivity contribution in [2.45, 2.75) is 176 Å². The smallest absolute Gasteiger partial charge is 0.226 e. The van der Waals surface area contributed by atoms with Crippen LogP contribution in [0.2, 0.25) is 0 Å². The molecule has 10 atom stereocenters. The largest absolute Gasteiger partial charge is 0.384 e. The average Bonchev–Trinajstić information content (AvgIpc) is 3.53. The Morgan fingerprint density at radius 2 is 1.69 bits per heavy atom. The van der Waals surface area contributed by atoms with Crippen LogP contribution >= 0.6 is 11.8 Å². The topological polar surface area (TPSA) is 149 Å². The first-order valence-electron chi connectivity index (χ1n) is 22.2. The minimum absolute atomic E-state index is 0. The van der Waals surface area contributed by atoms with E-state index in [1.165, 1.54) is 89.0 Å². The van der Waals surface area contributed by atoms with E-state index < -0.39 is 5.41 Å². The lowest BCUT2D eigenvalue weighted by molar-refractivity contribution is -0.130. The van der Waals surface area contributed by atoms with Crippen LogP contribution in [-0.2, 0) is 19.1 Å². The molecule has 2 amide bonds. The Morgan fingerprint density at radius 3 is 2.29 bits per heavy atom. The predicted octanol–water partition coefficient (Wildman–Crippen LogP) is 8.81. The fourth-order valence-corrected chi connectivity index (χ4v) is 12.8. The number of nitrogens with two attached hydrogens (primary N) is 2. The highest BCUT2D eigenvalue weighted by atomic mass is 32.2. The monoisotopic (exact) mass is 842 g/mol. The summed E-state index contributed by atoms with van der Waals surface area (Å²) in [5.74, 6) is 8.91. The number of hydrogen-bond acceptors (Lipinski definition) is 8. The molecule has 0 aromatic rings. The molecule has 0 bridgehead atoms. The van der Waals surface area contributed by atoms with E-state index in [1.807, 2.05) is 46.6 Å². The van der Waals surface area contributed by atoms with Gasteiger partial charge in [0.2, 0.25) is 12.3 Å². The number of hydrogen-bond donors (Lipinski definition) is 5. The standard InChI is InChI=1S/C31H51NO2S.C14H27N3O.C2H2.CH3NO.CH4/c1-21-20-35-29(32-28(21)18-33)22(19-34-4)8-7-10-24-12-14-26-25-13-11-23-9-5-6-16-30(23,2)27(25)15-17-31(24,26)3;1-7-8-11(16-6)17-12(18)13(2,3)9-10-14(4,5)15;1-2;2-1-3;/h18,22-27,29,32H,5-17,19-20H2,1-4H3;1,11,16H,8-10,15H2,2-6H3,(H,17,18);1-2H;1H,(H2,2,3);1H4. The highest BCUT2D eigenvalue weighted by Crippen LogP contribution is 2.68. The quantitative estimate of drug-likeness (QED) is 0.0625. The third-order valence-corrected chi connectivity index (χ3v) is 16.5. The van der Waals surface area contributed by atoms with Crippen LogP contribution in [0.1, 0.15) is 159 Å². The minimum Gasteiger partial charge on any atom is -0.384 e. The average molecular weight is 842 g/mol. The Bertz CT molecular complexity index is 1390. The zero-order chi connectivity index (χ0) is 43.7. The number of ether oxygens (including phenoxy) is 1. The zero-order valence-electron chi connectivity index (χ0n) is 37.9. The van der Waals surface area contributed by atoms with E-state index in [1.54, 1.807) is 7.05 Å². The molecule has 4 saturated carbocycles. The van der Waals surface area contributed by atoms with Crippen LogP contribution in [0.25, 0.3) is 0 Å². The second kappa shape index (κ2) is 25.4. The maximum Gasteiger partial charge on any atom is 0.226 e. The van der Waals surface area contributed by atoms with Crippen molar-refractivity contribution in [1.29, 1.82) is 0 Å². The molecule has 0 radical (unpaired) electrons. The van der Waals surface area contributed by atoms with Crippen LogP contribution in [0.3, 0.4) is 0 Å². The number of amides is 2. The van der Waals surface area contributed by atoms with Gasteiger partial charge in [-0.2, -0.15) is 0 Å². The molecule has 9 nitrogen and oxygen atoms in total. The summed E-state index contributed by atoms with van der Waals surface area (Å²) in [4.78, 5) is 32.2. The van der Waals surface area contributed by atoms with Crippen molar-refractivity contribution in [1.82, 2.24) is 16.0 Å². The lowest BCUT2D eigenvalue weighted by atomic mass is 9.45. The number of terminal acetylenes is 2. The first-order valence-corrected chi connectivity index (χ1v) is 23.2. The number of primary amides is 1. The lowest BCUT2D eigenvalue weighted by Crippen LogP contribution is -2.52. The molecule has 4 aliphatic carbocycles. The molecule has 0 aromatic heterocycles. The number of allylic oxidation sites excluding steroid dienone is 1. The molecular formula is C49H87N5O4S. The first-order chi connectivity index (χ1) is 27.4. The number of carbonyl (C=O) groups is 3. The van der Waals surface area contributed by atoms with Crippen molar-refractivity contribution < 1.29 is 19.1 Å². The van der Waals surface area contributed by atoms with Crippen molar-refractivity contribution >= 4 is 30.4 Å². The Hall–Kier alpha value is -2.50. The van der Waals surface area contributed by atoms with Crippen LogP contribution in [0, 0.1) is 76.9 Å². The molecule has 1 aliphatic heterocycles. The number of nitrogens with one attached hydrogen (secondary N) is 3. The van der Waals surface area contributed by atoms with Gasteiger partial charge in [0.15, 0.2) is 6.29 Å². The summed E-state index contributed by atoms with van der Waals surface area (Å²) in [7, 11) is 3.60. The molecule has 10 unspecified atom stereocenters. The Balaban J connectivity index is 0.000000617. The molecule has 5 rings (SSSR count). The fourth-order valence-electron chi connectivity index (χ4n) is 11.5. The zero-order valence-corrected chi connectivity index (χ0v) is 38.7. The molecule has 0 spiro atoms. The maximum absolute atomic E-state index is 12.2. The van der Waals surface area contributed by atoms with Crippen molar-refractivity contribution in [2.24, 2.45) is 63.2 Å². The molecule has 0 aromatic carbocycles. The molecule has 10 heteroatoms. The van der Waals surface area contributed by atoms with Crippen LogP contribution in [0.4, 0.5) is 0 Å². The second-order valence-electron chi connectivity index (χ2n) is 19.8. The fraction of sp³-hybridized carbons (Fsp3) is 0.816. The van der Waals surface area contributed by atoms with E-state index in [-0.39, 0.29) is 31.4 Å².